The molecule has 4 heteroatoms. The van der Waals surface area contributed by atoms with E-state index in [0.717, 1.165) is 5.56 Å². The molecule has 1 rings (SSSR count). The van der Waals surface area contributed by atoms with Gasteiger partial charge in [0.05, 0.1) is 0 Å². The number of benzene rings is 1. The molecular weight excluding hydrogens is 217 g/mol. The highest BCUT2D eigenvalue weighted by Crippen LogP contribution is 2.27. The molecule has 0 heterocycles. The lowest BCUT2D eigenvalue weighted by atomic mass is 9.87. The predicted octanol–water partition coefficient (Wildman–Crippen LogP) is 3.77. The van der Waals surface area contributed by atoms with E-state index >= 15 is 0 Å². The van der Waals surface area contributed by atoms with E-state index in [9.17, 15) is 13.2 Å². The van der Waals surface area contributed by atoms with Crippen molar-refractivity contribution in [2.75, 3.05) is 6.61 Å². The number of ether oxygens (including phenoxy) is 1. The molecule has 90 valence electrons. The highest BCUT2D eigenvalue weighted by Gasteiger charge is 2.16. The van der Waals surface area contributed by atoms with Crippen molar-refractivity contribution in [3.8, 4) is 5.75 Å². The van der Waals surface area contributed by atoms with Gasteiger partial charge in [-0.05, 0) is 23.1 Å². The van der Waals surface area contributed by atoms with Crippen molar-refractivity contribution in [1.82, 2.24) is 0 Å². The van der Waals surface area contributed by atoms with Gasteiger partial charge < -0.3 is 4.74 Å². The Hall–Kier alpha value is -1.19. The van der Waals surface area contributed by atoms with Crippen molar-refractivity contribution in [2.24, 2.45) is 0 Å². The minimum absolute atomic E-state index is 0.118. The third kappa shape index (κ3) is 3.43. The van der Waals surface area contributed by atoms with Crippen LogP contribution in [0.25, 0.3) is 0 Å². The number of halogens is 3. The Morgan fingerprint density at radius 2 is 1.88 bits per heavy atom. The zero-order valence-electron chi connectivity index (χ0n) is 9.56. The second-order valence-electron chi connectivity index (χ2n) is 4.60. The smallest absolute Gasteiger partial charge is 0.272 e. The highest BCUT2D eigenvalue weighted by atomic mass is 19.3. The van der Waals surface area contributed by atoms with Crippen LogP contribution in [0.5, 0.6) is 5.75 Å². The molecule has 0 amide bonds. The van der Waals surface area contributed by atoms with Crippen LogP contribution in [0.4, 0.5) is 13.2 Å². The lowest BCUT2D eigenvalue weighted by molar-refractivity contribution is 0.0798. The van der Waals surface area contributed by atoms with Crippen molar-refractivity contribution in [3.63, 3.8) is 0 Å². The van der Waals surface area contributed by atoms with Crippen LogP contribution in [-0.2, 0) is 5.41 Å². The first-order valence-corrected chi connectivity index (χ1v) is 5.01. The zero-order chi connectivity index (χ0) is 12.3. The van der Waals surface area contributed by atoms with Crippen molar-refractivity contribution in [3.05, 3.63) is 29.6 Å². The summed E-state index contributed by atoms with van der Waals surface area (Å²) in [5.41, 5.74) is 0.676. The van der Waals surface area contributed by atoms with Crippen LogP contribution in [0, 0.1) is 5.82 Å². The van der Waals surface area contributed by atoms with Gasteiger partial charge in [0, 0.05) is 0 Å². The second-order valence-corrected chi connectivity index (χ2v) is 4.60. The van der Waals surface area contributed by atoms with Crippen molar-refractivity contribution < 1.29 is 17.9 Å². The van der Waals surface area contributed by atoms with Crippen LogP contribution in [0.1, 0.15) is 26.3 Å². The molecule has 0 aliphatic rings. The largest absolute Gasteiger partial charge is 0.485 e. The van der Waals surface area contributed by atoms with Crippen LogP contribution in [0.2, 0.25) is 0 Å². The lowest BCUT2D eigenvalue weighted by Crippen LogP contribution is -2.13. The average Bonchev–Trinajstić information content (AvgIpc) is 2.14. The van der Waals surface area contributed by atoms with Crippen LogP contribution >= 0.6 is 0 Å². The quantitative estimate of drug-likeness (QED) is 0.770. The van der Waals surface area contributed by atoms with Crippen LogP contribution in [0.15, 0.2) is 18.2 Å². The molecule has 0 aromatic heterocycles. The molecule has 0 fully saturated rings. The molecule has 1 aromatic rings. The van der Waals surface area contributed by atoms with Gasteiger partial charge in [-0.2, -0.15) is 0 Å². The van der Waals surface area contributed by atoms with Gasteiger partial charge in [-0.15, -0.1) is 0 Å². The number of hydrogen-bond acceptors (Lipinski definition) is 1. The summed E-state index contributed by atoms with van der Waals surface area (Å²) >= 11 is 0. The van der Waals surface area contributed by atoms with E-state index in [4.69, 9.17) is 4.74 Å². The summed E-state index contributed by atoms with van der Waals surface area (Å²) < 4.78 is 41.8. The van der Waals surface area contributed by atoms with E-state index in [1.165, 1.54) is 12.1 Å². The van der Waals surface area contributed by atoms with Gasteiger partial charge in [0.1, 0.15) is 6.61 Å². The summed E-state index contributed by atoms with van der Waals surface area (Å²) in [5.74, 6) is -0.735. The summed E-state index contributed by atoms with van der Waals surface area (Å²) in [5, 5.41) is 0. The Morgan fingerprint density at radius 1 is 1.25 bits per heavy atom. The monoisotopic (exact) mass is 232 g/mol. The number of alkyl halides is 2. The van der Waals surface area contributed by atoms with Gasteiger partial charge in [0.15, 0.2) is 11.6 Å². The number of hydrogen-bond donors (Lipinski definition) is 0. The predicted molar refractivity (Wildman–Crippen MR) is 56.6 cm³/mol. The molecule has 0 unspecified atom stereocenters. The molecule has 0 N–H and O–H groups in total. The molecule has 0 spiro atoms. The fraction of sp³-hybridized carbons (Fsp3) is 0.500. The Morgan fingerprint density at radius 3 is 2.38 bits per heavy atom. The van der Waals surface area contributed by atoms with E-state index in [1.807, 2.05) is 20.8 Å². The molecular formula is C12H15F3O. The fourth-order valence-electron chi connectivity index (χ4n) is 1.23. The summed E-state index contributed by atoms with van der Waals surface area (Å²) in [7, 11) is 0. The van der Waals surface area contributed by atoms with Crippen LogP contribution in [0.3, 0.4) is 0 Å². The first-order chi connectivity index (χ1) is 7.30. The normalized spacial score (nSPS) is 11.9. The fourth-order valence-corrected chi connectivity index (χ4v) is 1.23. The molecule has 0 saturated carbocycles. The minimum Gasteiger partial charge on any atom is -0.485 e. The maximum absolute atomic E-state index is 13.2. The Labute approximate surface area is 93.2 Å². The van der Waals surface area contributed by atoms with Gasteiger partial charge in [-0.1, -0.05) is 26.8 Å². The van der Waals surface area contributed by atoms with E-state index < -0.39 is 18.8 Å². The van der Waals surface area contributed by atoms with Crippen molar-refractivity contribution in [2.45, 2.75) is 32.6 Å². The molecule has 0 atom stereocenters. The van der Waals surface area contributed by atoms with Crippen molar-refractivity contribution in [1.29, 1.82) is 0 Å². The second kappa shape index (κ2) is 4.76. The van der Waals surface area contributed by atoms with Gasteiger partial charge >= 0.3 is 0 Å². The van der Waals surface area contributed by atoms with Gasteiger partial charge in [0.25, 0.3) is 6.43 Å². The number of rotatable bonds is 3. The molecule has 0 bridgehead atoms. The zero-order valence-corrected chi connectivity index (χ0v) is 9.56. The van der Waals surface area contributed by atoms with Gasteiger partial charge in [-0.3, -0.25) is 0 Å². The molecule has 0 radical (unpaired) electrons. The lowest BCUT2D eigenvalue weighted by Gasteiger charge is -2.20. The summed E-state index contributed by atoms with van der Waals surface area (Å²) in [6.45, 7) is 5.08. The van der Waals surface area contributed by atoms with Crippen LogP contribution in [-0.4, -0.2) is 13.0 Å². The van der Waals surface area contributed by atoms with E-state index in [1.54, 1.807) is 6.07 Å². The molecule has 0 saturated heterocycles. The van der Waals surface area contributed by atoms with Gasteiger partial charge in [-0.25, -0.2) is 13.2 Å². The highest BCUT2D eigenvalue weighted by molar-refractivity contribution is 5.34. The average molecular weight is 232 g/mol. The Balaban J connectivity index is 2.91. The van der Waals surface area contributed by atoms with Gasteiger partial charge in [0.2, 0.25) is 0 Å². The molecule has 1 nitrogen and oxygen atoms in total. The standard InChI is InChI=1S/C12H15F3O/c1-12(2,3)8-4-5-9(13)10(6-8)16-7-11(14)15/h4-6,11H,7H2,1-3H3. The SMILES string of the molecule is CC(C)(C)c1ccc(F)c(OCC(F)F)c1. The van der Waals surface area contributed by atoms with Crippen molar-refractivity contribution >= 4 is 0 Å². The topological polar surface area (TPSA) is 9.23 Å². The summed E-state index contributed by atoms with van der Waals surface area (Å²) in [6, 6.07) is 4.34. The molecule has 0 aliphatic heterocycles. The van der Waals surface area contributed by atoms with Crippen LogP contribution < -0.4 is 4.74 Å². The maximum Gasteiger partial charge on any atom is 0.272 e. The van der Waals surface area contributed by atoms with E-state index in [0.29, 0.717) is 0 Å². The molecule has 1 aromatic carbocycles. The summed E-state index contributed by atoms with van der Waals surface area (Å²) in [6.07, 6.45) is -2.60. The third-order valence-corrected chi connectivity index (χ3v) is 2.16. The first-order valence-electron chi connectivity index (χ1n) is 5.01. The minimum atomic E-state index is -2.60. The summed E-state index contributed by atoms with van der Waals surface area (Å²) in [4.78, 5) is 0. The Bertz CT molecular complexity index is 356. The molecule has 16 heavy (non-hydrogen) atoms. The van der Waals surface area contributed by atoms with E-state index in [-0.39, 0.29) is 11.2 Å². The maximum atomic E-state index is 13.2. The molecule has 0 aliphatic carbocycles. The first kappa shape index (κ1) is 12.9. The Kier molecular flexibility index (Phi) is 3.83. The third-order valence-electron chi connectivity index (χ3n) is 2.16. The van der Waals surface area contributed by atoms with E-state index in [2.05, 4.69) is 0 Å².